The molecule has 0 radical (unpaired) electrons. The molecule has 0 aliphatic heterocycles. The van der Waals surface area contributed by atoms with Crippen LogP contribution in [0.5, 0.6) is 0 Å². The van der Waals surface area contributed by atoms with E-state index in [2.05, 4.69) is 11.9 Å². The van der Waals surface area contributed by atoms with Gasteiger partial charge in [0, 0.05) is 6.04 Å². The van der Waals surface area contributed by atoms with Crippen LogP contribution in [-0.4, -0.2) is 11.5 Å². The molecule has 16 heavy (non-hydrogen) atoms. The van der Waals surface area contributed by atoms with Crippen molar-refractivity contribution in [3.8, 4) is 0 Å². The van der Waals surface area contributed by atoms with Crippen molar-refractivity contribution in [1.82, 2.24) is 4.98 Å². The van der Waals surface area contributed by atoms with Gasteiger partial charge in [-0.15, -0.1) is 0 Å². The fraction of sp³-hybridized carbons (Fsp3) is 0.417. The highest BCUT2D eigenvalue weighted by Crippen LogP contribution is 2.24. The van der Waals surface area contributed by atoms with Crippen molar-refractivity contribution in [2.24, 2.45) is 17.4 Å². The molecule has 2 rings (SSSR count). The molecule has 86 valence electrons. The van der Waals surface area contributed by atoms with Gasteiger partial charge < -0.3 is 15.9 Å². The topological polar surface area (TPSA) is 78.1 Å². The van der Waals surface area contributed by atoms with Crippen molar-refractivity contribution in [3.05, 3.63) is 30.2 Å². The van der Waals surface area contributed by atoms with Crippen molar-refractivity contribution in [1.29, 1.82) is 0 Å². The van der Waals surface area contributed by atoms with Gasteiger partial charge in [-0.05, 0) is 30.2 Å². The Kier molecular flexibility index (Phi) is 3.22. The fourth-order valence-corrected chi connectivity index (χ4v) is 1.92. The standard InChI is InChI=1S/C12H17N3O/c1-2-8(6-13)12(14)9-3-4-10-11(5-9)16-7-15-10/h3-5,7-8,12H,2,6,13-14H2,1H3. The predicted molar refractivity (Wildman–Crippen MR) is 63.8 cm³/mol. The normalized spacial score (nSPS) is 15.2. The quantitative estimate of drug-likeness (QED) is 0.822. The molecule has 0 spiro atoms. The Labute approximate surface area is 94.6 Å². The SMILES string of the molecule is CCC(CN)C(N)c1ccc2ncoc2c1. The Morgan fingerprint density at radius 1 is 1.44 bits per heavy atom. The van der Waals surface area contributed by atoms with Crippen LogP contribution < -0.4 is 11.5 Å². The van der Waals surface area contributed by atoms with Gasteiger partial charge in [0.15, 0.2) is 12.0 Å². The number of aromatic nitrogens is 1. The number of fused-ring (bicyclic) bond motifs is 1. The maximum absolute atomic E-state index is 6.18. The molecule has 0 saturated heterocycles. The van der Waals surface area contributed by atoms with Gasteiger partial charge in [0.25, 0.3) is 0 Å². The molecule has 0 aliphatic rings. The van der Waals surface area contributed by atoms with Crippen LogP contribution in [0.3, 0.4) is 0 Å². The van der Waals surface area contributed by atoms with E-state index in [-0.39, 0.29) is 6.04 Å². The number of hydrogen-bond donors (Lipinski definition) is 2. The molecule has 4 heteroatoms. The Morgan fingerprint density at radius 3 is 2.94 bits per heavy atom. The van der Waals surface area contributed by atoms with Crippen LogP contribution in [0.15, 0.2) is 29.0 Å². The molecule has 1 heterocycles. The van der Waals surface area contributed by atoms with E-state index in [1.54, 1.807) is 0 Å². The van der Waals surface area contributed by atoms with E-state index in [1.165, 1.54) is 6.39 Å². The number of hydrogen-bond acceptors (Lipinski definition) is 4. The average molecular weight is 219 g/mol. The summed E-state index contributed by atoms with van der Waals surface area (Å²) in [6.07, 6.45) is 2.42. The molecule has 0 saturated carbocycles. The van der Waals surface area contributed by atoms with Gasteiger partial charge in [0.05, 0.1) is 0 Å². The molecule has 4 N–H and O–H groups in total. The van der Waals surface area contributed by atoms with E-state index < -0.39 is 0 Å². The molecule has 0 aliphatic carbocycles. The van der Waals surface area contributed by atoms with E-state index >= 15 is 0 Å². The van der Waals surface area contributed by atoms with Crippen molar-refractivity contribution in [2.75, 3.05) is 6.54 Å². The molecule has 1 aromatic carbocycles. The Bertz CT molecular complexity index is 462. The van der Waals surface area contributed by atoms with Crippen molar-refractivity contribution >= 4 is 11.1 Å². The molecule has 2 atom stereocenters. The summed E-state index contributed by atoms with van der Waals surface area (Å²) in [5.74, 6) is 0.306. The summed E-state index contributed by atoms with van der Waals surface area (Å²) in [7, 11) is 0. The van der Waals surface area contributed by atoms with Crippen LogP contribution in [-0.2, 0) is 0 Å². The lowest BCUT2D eigenvalue weighted by Gasteiger charge is -2.21. The summed E-state index contributed by atoms with van der Waals surface area (Å²) < 4.78 is 5.26. The number of nitrogens with zero attached hydrogens (tertiary/aromatic N) is 1. The van der Waals surface area contributed by atoms with Crippen molar-refractivity contribution < 1.29 is 4.42 Å². The van der Waals surface area contributed by atoms with E-state index in [1.807, 2.05) is 18.2 Å². The van der Waals surface area contributed by atoms with Gasteiger partial charge in [-0.1, -0.05) is 19.4 Å². The second-order valence-corrected chi connectivity index (χ2v) is 4.01. The number of nitrogens with two attached hydrogens (primary N) is 2. The number of benzene rings is 1. The second kappa shape index (κ2) is 4.63. The summed E-state index contributed by atoms with van der Waals surface area (Å²) in [6, 6.07) is 5.83. The molecule has 2 unspecified atom stereocenters. The third kappa shape index (κ3) is 1.94. The van der Waals surface area contributed by atoms with E-state index in [4.69, 9.17) is 15.9 Å². The highest BCUT2D eigenvalue weighted by atomic mass is 16.3. The monoisotopic (exact) mass is 219 g/mol. The van der Waals surface area contributed by atoms with Crippen LogP contribution in [0, 0.1) is 5.92 Å². The summed E-state index contributed by atoms with van der Waals surface area (Å²) >= 11 is 0. The van der Waals surface area contributed by atoms with Gasteiger partial charge in [0.2, 0.25) is 0 Å². The highest BCUT2D eigenvalue weighted by Gasteiger charge is 2.17. The molecule has 0 bridgehead atoms. The fourth-order valence-electron chi connectivity index (χ4n) is 1.92. The first-order chi connectivity index (χ1) is 7.76. The van der Waals surface area contributed by atoms with Gasteiger partial charge in [-0.25, -0.2) is 4.98 Å². The average Bonchev–Trinajstić information content (AvgIpc) is 2.77. The first-order valence-electron chi connectivity index (χ1n) is 5.55. The smallest absolute Gasteiger partial charge is 0.181 e. The first-order valence-corrected chi connectivity index (χ1v) is 5.55. The van der Waals surface area contributed by atoms with E-state index in [0.717, 1.165) is 23.1 Å². The lowest BCUT2D eigenvalue weighted by molar-refractivity contribution is 0.428. The van der Waals surface area contributed by atoms with Crippen LogP contribution in [0.1, 0.15) is 24.9 Å². The lowest BCUT2D eigenvalue weighted by Crippen LogP contribution is -2.27. The zero-order chi connectivity index (χ0) is 11.5. The zero-order valence-electron chi connectivity index (χ0n) is 9.39. The summed E-state index contributed by atoms with van der Waals surface area (Å²) in [5, 5.41) is 0. The minimum Gasteiger partial charge on any atom is -0.443 e. The van der Waals surface area contributed by atoms with Crippen LogP contribution in [0.25, 0.3) is 11.1 Å². The summed E-state index contributed by atoms with van der Waals surface area (Å²) in [6.45, 7) is 2.70. The Balaban J connectivity index is 2.31. The molecule has 0 fully saturated rings. The predicted octanol–water partition coefficient (Wildman–Crippen LogP) is 1.81. The van der Waals surface area contributed by atoms with Gasteiger partial charge in [0.1, 0.15) is 5.52 Å². The van der Waals surface area contributed by atoms with Crippen LogP contribution in [0.2, 0.25) is 0 Å². The van der Waals surface area contributed by atoms with Crippen LogP contribution >= 0.6 is 0 Å². The molecular formula is C12H17N3O. The summed E-state index contributed by atoms with van der Waals surface area (Å²) in [4.78, 5) is 4.07. The lowest BCUT2D eigenvalue weighted by atomic mass is 9.91. The molecular weight excluding hydrogens is 202 g/mol. The minimum absolute atomic E-state index is 0.0375. The van der Waals surface area contributed by atoms with Gasteiger partial charge >= 0.3 is 0 Å². The Morgan fingerprint density at radius 2 is 2.25 bits per heavy atom. The number of rotatable bonds is 4. The Hall–Kier alpha value is -1.39. The van der Waals surface area contributed by atoms with Gasteiger partial charge in [-0.3, -0.25) is 0 Å². The summed E-state index contributed by atoms with van der Waals surface area (Å²) in [5.41, 5.74) is 14.6. The van der Waals surface area contributed by atoms with Gasteiger partial charge in [-0.2, -0.15) is 0 Å². The zero-order valence-corrected chi connectivity index (χ0v) is 9.39. The minimum atomic E-state index is -0.0375. The van der Waals surface area contributed by atoms with Crippen molar-refractivity contribution in [2.45, 2.75) is 19.4 Å². The first kappa shape index (κ1) is 11.1. The number of oxazole rings is 1. The maximum atomic E-state index is 6.18. The molecule has 0 amide bonds. The maximum Gasteiger partial charge on any atom is 0.181 e. The largest absolute Gasteiger partial charge is 0.443 e. The second-order valence-electron chi connectivity index (χ2n) is 4.01. The molecule has 2 aromatic rings. The molecule has 1 aromatic heterocycles. The van der Waals surface area contributed by atoms with Crippen LogP contribution in [0.4, 0.5) is 0 Å². The molecule has 4 nitrogen and oxygen atoms in total. The van der Waals surface area contributed by atoms with Crippen molar-refractivity contribution in [3.63, 3.8) is 0 Å². The van der Waals surface area contributed by atoms with E-state index in [9.17, 15) is 0 Å². The van der Waals surface area contributed by atoms with E-state index in [0.29, 0.717) is 12.5 Å². The third-order valence-electron chi connectivity index (χ3n) is 3.08. The third-order valence-corrected chi connectivity index (χ3v) is 3.08. The highest BCUT2D eigenvalue weighted by molar-refractivity contribution is 5.72.